The van der Waals surface area contributed by atoms with Gasteiger partial charge < -0.3 is 9.30 Å². The number of benzene rings is 4. The number of carbonyl (C=O) groups is 1. The molecule has 0 fully saturated rings. The van der Waals surface area contributed by atoms with Crippen molar-refractivity contribution in [3.63, 3.8) is 0 Å². The lowest BCUT2D eigenvalue weighted by Crippen LogP contribution is -2.20. The van der Waals surface area contributed by atoms with Crippen LogP contribution in [0.5, 0.6) is 11.5 Å². The average molecular weight is 527 g/mol. The Morgan fingerprint density at radius 1 is 0.946 bits per heavy atom. The number of hydrogen-bond donors (Lipinski definition) is 1. The van der Waals surface area contributed by atoms with E-state index >= 15 is 0 Å². The molecule has 0 saturated heterocycles. The molecule has 0 aliphatic rings. The Morgan fingerprint density at radius 3 is 2.57 bits per heavy atom. The Labute approximate surface area is 223 Å². The van der Waals surface area contributed by atoms with Gasteiger partial charge in [0.2, 0.25) is 0 Å². The van der Waals surface area contributed by atoms with Crippen molar-refractivity contribution in [1.82, 2.24) is 15.0 Å². The van der Waals surface area contributed by atoms with Gasteiger partial charge in [0.1, 0.15) is 11.5 Å². The van der Waals surface area contributed by atoms with E-state index in [9.17, 15) is 4.79 Å². The molecule has 0 unspecified atom stereocenters. The van der Waals surface area contributed by atoms with Gasteiger partial charge in [0.05, 0.1) is 29.5 Å². The van der Waals surface area contributed by atoms with Crippen LogP contribution in [0.3, 0.4) is 0 Å². The summed E-state index contributed by atoms with van der Waals surface area (Å²) in [6.07, 6.45) is 1.59. The van der Waals surface area contributed by atoms with Gasteiger partial charge in [-0.1, -0.05) is 84.0 Å². The Hall–Kier alpha value is -4.07. The maximum atomic E-state index is 12.5. The third-order valence-corrected chi connectivity index (χ3v) is 6.82. The predicted molar refractivity (Wildman–Crippen MR) is 150 cm³/mol. The van der Waals surface area contributed by atoms with Crippen molar-refractivity contribution in [3.05, 3.63) is 119 Å². The molecule has 0 atom stereocenters. The molecule has 1 heterocycles. The van der Waals surface area contributed by atoms with Crippen LogP contribution in [-0.2, 0) is 11.3 Å². The topological polar surface area (TPSA) is 68.5 Å². The van der Waals surface area contributed by atoms with Crippen molar-refractivity contribution in [1.29, 1.82) is 0 Å². The highest BCUT2D eigenvalue weighted by molar-refractivity contribution is 7.99. The summed E-state index contributed by atoms with van der Waals surface area (Å²) < 4.78 is 7.93. The minimum absolute atomic E-state index is 0.167. The van der Waals surface area contributed by atoms with Crippen LogP contribution in [0.4, 0.5) is 0 Å². The lowest BCUT2D eigenvalue weighted by Gasteiger charge is -2.10. The van der Waals surface area contributed by atoms with Crippen LogP contribution in [0.2, 0.25) is 5.02 Å². The van der Waals surface area contributed by atoms with E-state index in [1.807, 2.05) is 103 Å². The number of hydrazone groups is 1. The van der Waals surface area contributed by atoms with Crippen LogP contribution in [0.15, 0.2) is 113 Å². The van der Waals surface area contributed by atoms with Crippen molar-refractivity contribution in [2.75, 3.05) is 5.75 Å². The number of carbonyl (C=O) groups excluding carboxylic acids is 1. The molecule has 6 nitrogen and oxygen atoms in total. The monoisotopic (exact) mass is 526 g/mol. The van der Waals surface area contributed by atoms with Crippen molar-refractivity contribution in [2.24, 2.45) is 5.10 Å². The van der Waals surface area contributed by atoms with Crippen LogP contribution in [0.1, 0.15) is 11.1 Å². The number of nitrogens with zero attached hydrogens (tertiary/aromatic N) is 3. The molecule has 0 aliphatic heterocycles. The molecule has 37 heavy (non-hydrogen) atoms. The van der Waals surface area contributed by atoms with Crippen LogP contribution in [0, 0.1) is 0 Å². The number of nitrogens with one attached hydrogen (secondary N) is 1. The van der Waals surface area contributed by atoms with E-state index in [0.29, 0.717) is 17.3 Å². The molecular weight excluding hydrogens is 504 g/mol. The van der Waals surface area contributed by atoms with E-state index in [1.165, 1.54) is 11.8 Å². The number of fused-ring (bicyclic) bond motifs is 1. The molecule has 0 bridgehead atoms. The number of thioether (sulfide) groups is 1. The molecular formula is C29H23ClN4O2S. The van der Waals surface area contributed by atoms with Gasteiger partial charge in [-0.25, -0.2) is 10.4 Å². The molecule has 0 spiro atoms. The number of imidazole rings is 1. The van der Waals surface area contributed by atoms with Crippen LogP contribution in [-0.4, -0.2) is 27.4 Å². The molecule has 1 aromatic heterocycles. The van der Waals surface area contributed by atoms with Crippen molar-refractivity contribution in [2.45, 2.75) is 11.7 Å². The number of hydrogen-bond acceptors (Lipinski definition) is 5. The third-order valence-electron chi connectivity index (χ3n) is 5.48. The van der Waals surface area contributed by atoms with Gasteiger partial charge in [0.25, 0.3) is 5.91 Å². The summed E-state index contributed by atoms with van der Waals surface area (Å²) in [4.78, 5) is 17.3. The molecule has 1 amide bonds. The Kier molecular flexibility index (Phi) is 7.84. The first-order valence-electron chi connectivity index (χ1n) is 11.6. The number of amides is 1. The molecule has 5 aromatic rings. The SMILES string of the molecule is O=C(CSc1nc2ccccc2n1Cc1ccccc1Cl)NN=Cc1cccc(Oc2ccccc2)c1. The van der Waals surface area contributed by atoms with E-state index in [0.717, 1.165) is 33.1 Å². The molecule has 4 aromatic carbocycles. The fraction of sp³-hybridized carbons (Fsp3) is 0.0690. The van der Waals surface area contributed by atoms with Gasteiger partial charge in [-0.2, -0.15) is 5.10 Å². The summed E-state index contributed by atoms with van der Waals surface area (Å²) in [6, 6.07) is 32.7. The van der Waals surface area contributed by atoms with Gasteiger partial charge in [-0.15, -0.1) is 0 Å². The first-order valence-corrected chi connectivity index (χ1v) is 13.0. The maximum Gasteiger partial charge on any atom is 0.250 e. The first kappa shape index (κ1) is 24.6. The quantitative estimate of drug-likeness (QED) is 0.131. The van der Waals surface area contributed by atoms with Crippen molar-refractivity contribution >= 4 is 46.5 Å². The highest BCUT2D eigenvalue weighted by Gasteiger charge is 2.14. The fourth-order valence-electron chi connectivity index (χ4n) is 3.74. The molecule has 0 radical (unpaired) electrons. The van der Waals surface area contributed by atoms with E-state index in [4.69, 9.17) is 21.3 Å². The van der Waals surface area contributed by atoms with Crippen LogP contribution >= 0.6 is 23.4 Å². The van der Waals surface area contributed by atoms with E-state index in [-0.39, 0.29) is 11.7 Å². The van der Waals surface area contributed by atoms with Crippen molar-refractivity contribution < 1.29 is 9.53 Å². The Balaban J connectivity index is 1.22. The van der Waals surface area contributed by atoms with Crippen LogP contribution < -0.4 is 10.2 Å². The third kappa shape index (κ3) is 6.39. The van der Waals surface area contributed by atoms with Gasteiger partial charge in [-0.3, -0.25) is 4.79 Å². The number of para-hydroxylation sites is 3. The minimum Gasteiger partial charge on any atom is -0.457 e. The fourth-order valence-corrected chi connectivity index (χ4v) is 4.74. The zero-order chi connectivity index (χ0) is 25.5. The number of halogens is 1. The molecule has 184 valence electrons. The summed E-state index contributed by atoms with van der Waals surface area (Å²) in [6.45, 7) is 0.559. The van der Waals surface area contributed by atoms with E-state index < -0.39 is 0 Å². The summed E-state index contributed by atoms with van der Waals surface area (Å²) in [5.41, 5.74) is 6.24. The Morgan fingerprint density at radius 2 is 1.70 bits per heavy atom. The molecule has 5 rings (SSSR count). The number of rotatable bonds is 9. The zero-order valence-electron chi connectivity index (χ0n) is 19.8. The number of ether oxygens (including phenoxy) is 1. The smallest absolute Gasteiger partial charge is 0.250 e. The number of aromatic nitrogens is 2. The molecule has 0 aliphatic carbocycles. The van der Waals surface area contributed by atoms with Gasteiger partial charge in [0, 0.05) is 5.02 Å². The largest absolute Gasteiger partial charge is 0.457 e. The second-order valence-electron chi connectivity index (χ2n) is 8.13. The van der Waals surface area contributed by atoms with Gasteiger partial charge >= 0.3 is 0 Å². The highest BCUT2D eigenvalue weighted by atomic mass is 35.5. The Bertz CT molecular complexity index is 1550. The summed E-state index contributed by atoms with van der Waals surface area (Å²) in [5, 5.41) is 5.55. The van der Waals surface area contributed by atoms with E-state index in [1.54, 1.807) is 6.21 Å². The van der Waals surface area contributed by atoms with Crippen molar-refractivity contribution in [3.8, 4) is 11.5 Å². The summed E-state index contributed by atoms with van der Waals surface area (Å²) >= 11 is 7.76. The normalized spacial score (nSPS) is 11.2. The molecule has 1 N–H and O–H groups in total. The summed E-state index contributed by atoms with van der Waals surface area (Å²) in [7, 11) is 0. The average Bonchev–Trinajstić information content (AvgIpc) is 3.27. The highest BCUT2D eigenvalue weighted by Crippen LogP contribution is 2.27. The zero-order valence-corrected chi connectivity index (χ0v) is 21.3. The lowest BCUT2D eigenvalue weighted by atomic mass is 10.2. The second kappa shape index (κ2) is 11.8. The maximum absolute atomic E-state index is 12.5. The van der Waals surface area contributed by atoms with Gasteiger partial charge in [-0.05, 0) is 53.6 Å². The van der Waals surface area contributed by atoms with E-state index in [2.05, 4.69) is 15.1 Å². The van der Waals surface area contributed by atoms with Crippen LogP contribution in [0.25, 0.3) is 11.0 Å². The van der Waals surface area contributed by atoms with Gasteiger partial charge in [0.15, 0.2) is 5.16 Å². The molecule has 8 heteroatoms. The second-order valence-corrected chi connectivity index (χ2v) is 9.48. The lowest BCUT2D eigenvalue weighted by molar-refractivity contribution is -0.118. The molecule has 0 saturated carbocycles. The standard InChI is InChI=1S/C29H23ClN4O2S/c30-25-14-5-4-10-22(25)19-34-27-16-7-6-15-26(27)32-29(34)37-20-28(35)33-31-18-21-9-8-13-24(17-21)36-23-11-2-1-3-12-23/h1-18H,19-20H2,(H,33,35). The summed E-state index contributed by atoms with van der Waals surface area (Å²) in [5.74, 6) is 1.38. The first-order chi connectivity index (χ1) is 18.2. The minimum atomic E-state index is -0.228. The predicted octanol–water partition coefficient (Wildman–Crippen LogP) is 6.77.